The minimum atomic E-state index is -0.865. The number of aromatic nitrogens is 1. The van der Waals surface area contributed by atoms with E-state index in [1.165, 1.54) is 16.2 Å². The van der Waals surface area contributed by atoms with E-state index in [0.29, 0.717) is 27.8 Å². The Hall–Kier alpha value is -4.17. The molecule has 0 bridgehead atoms. The van der Waals surface area contributed by atoms with Crippen LogP contribution in [-0.2, 0) is 9.59 Å². The topological polar surface area (TPSA) is 89.0 Å². The van der Waals surface area contributed by atoms with Crippen molar-refractivity contribution >= 4 is 44.1 Å². The average Bonchev–Trinajstić information content (AvgIpc) is 3.42. The van der Waals surface area contributed by atoms with Crippen molar-refractivity contribution in [2.24, 2.45) is 0 Å². The molecule has 1 aliphatic rings. The van der Waals surface area contributed by atoms with Crippen LogP contribution in [0, 0.1) is 20.8 Å². The lowest BCUT2D eigenvalue weighted by Crippen LogP contribution is -2.29. The van der Waals surface area contributed by atoms with Gasteiger partial charge in [-0.25, -0.2) is 4.98 Å². The highest BCUT2D eigenvalue weighted by Crippen LogP contribution is 2.45. The first kappa shape index (κ1) is 24.5. The van der Waals surface area contributed by atoms with Crippen LogP contribution >= 0.6 is 11.3 Å². The zero-order valence-corrected chi connectivity index (χ0v) is 22.0. The quantitative estimate of drug-likeness (QED) is 0.204. The lowest BCUT2D eigenvalue weighted by Gasteiger charge is -2.23. The van der Waals surface area contributed by atoms with Crippen LogP contribution in [0.2, 0.25) is 0 Å². The van der Waals surface area contributed by atoms with Crippen LogP contribution in [-0.4, -0.2) is 36.0 Å². The highest BCUT2D eigenvalue weighted by Gasteiger charge is 2.48. The first-order valence-electron chi connectivity index (χ1n) is 11.7. The summed E-state index contributed by atoms with van der Waals surface area (Å²) in [6.45, 7) is 5.83. The zero-order valence-electron chi connectivity index (χ0n) is 21.2. The van der Waals surface area contributed by atoms with Gasteiger partial charge in [0.1, 0.15) is 17.3 Å². The zero-order chi connectivity index (χ0) is 26.4. The van der Waals surface area contributed by atoms with Crippen LogP contribution < -0.4 is 14.4 Å². The number of Topliss-reactive ketones (excluding diaryl/α,β-unsaturated/α-hetero) is 1. The molecule has 1 aliphatic heterocycles. The highest BCUT2D eigenvalue weighted by atomic mass is 32.1. The molecule has 3 aromatic carbocycles. The second-order valence-corrected chi connectivity index (χ2v) is 10.1. The molecule has 1 aromatic heterocycles. The molecule has 0 radical (unpaired) electrons. The van der Waals surface area contributed by atoms with Crippen molar-refractivity contribution in [2.75, 3.05) is 19.1 Å². The minimum Gasteiger partial charge on any atom is -0.507 e. The van der Waals surface area contributed by atoms with E-state index in [4.69, 9.17) is 14.5 Å². The monoisotopic (exact) mass is 514 g/mol. The predicted molar refractivity (Wildman–Crippen MR) is 145 cm³/mol. The molecular formula is C29H26N2O5S. The Bertz CT molecular complexity index is 1590. The molecule has 0 saturated carbocycles. The van der Waals surface area contributed by atoms with Crippen molar-refractivity contribution < 1.29 is 24.2 Å². The van der Waals surface area contributed by atoms with Crippen LogP contribution in [0.5, 0.6) is 11.5 Å². The molecular weight excluding hydrogens is 488 g/mol. The largest absolute Gasteiger partial charge is 0.507 e. The number of hydrogen-bond donors (Lipinski definition) is 1. The fourth-order valence-electron chi connectivity index (χ4n) is 4.77. The number of aryl methyl sites for hydroxylation is 3. The van der Waals surface area contributed by atoms with Crippen molar-refractivity contribution in [3.63, 3.8) is 0 Å². The molecule has 4 aromatic rings. The molecule has 0 unspecified atom stereocenters. The van der Waals surface area contributed by atoms with Crippen molar-refractivity contribution in [3.8, 4) is 11.5 Å². The third-order valence-electron chi connectivity index (χ3n) is 6.57. The Balaban J connectivity index is 1.73. The molecule has 0 spiro atoms. The smallest absolute Gasteiger partial charge is 0.301 e. The number of amides is 1. The van der Waals surface area contributed by atoms with Crippen LogP contribution in [0.15, 0.2) is 60.2 Å². The van der Waals surface area contributed by atoms with Gasteiger partial charge in [0, 0.05) is 5.56 Å². The predicted octanol–water partition coefficient (Wildman–Crippen LogP) is 5.87. The van der Waals surface area contributed by atoms with E-state index < -0.39 is 17.7 Å². The van der Waals surface area contributed by atoms with E-state index in [2.05, 4.69) is 0 Å². The van der Waals surface area contributed by atoms with E-state index in [0.717, 1.165) is 26.9 Å². The number of hydrogen-bond acceptors (Lipinski definition) is 7. The number of anilines is 1. The van der Waals surface area contributed by atoms with Gasteiger partial charge in [0.25, 0.3) is 5.78 Å². The van der Waals surface area contributed by atoms with Crippen LogP contribution in [0.25, 0.3) is 16.0 Å². The number of carbonyl (C=O) groups is 2. The van der Waals surface area contributed by atoms with Gasteiger partial charge in [0.15, 0.2) is 5.13 Å². The lowest BCUT2D eigenvalue weighted by atomic mass is 9.95. The number of methoxy groups -OCH3 is 2. The molecule has 0 aliphatic carbocycles. The van der Waals surface area contributed by atoms with Gasteiger partial charge in [0.05, 0.1) is 36.1 Å². The average molecular weight is 515 g/mol. The molecule has 7 nitrogen and oxygen atoms in total. The van der Waals surface area contributed by atoms with Gasteiger partial charge < -0.3 is 14.6 Å². The van der Waals surface area contributed by atoms with Crippen molar-refractivity contribution in [2.45, 2.75) is 26.8 Å². The molecule has 5 rings (SSSR count). The summed E-state index contributed by atoms with van der Waals surface area (Å²) in [5.41, 5.74) is 4.73. The third kappa shape index (κ3) is 4.13. The second kappa shape index (κ2) is 9.37. The lowest BCUT2D eigenvalue weighted by molar-refractivity contribution is -0.132. The summed E-state index contributed by atoms with van der Waals surface area (Å²) < 4.78 is 11.6. The Kier molecular flexibility index (Phi) is 6.21. The Morgan fingerprint density at radius 1 is 0.946 bits per heavy atom. The van der Waals surface area contributed by atoms with Crippen molar-refractivity contribution in [1.29, 1.82) is 0 Å². The van der Waals surface area contributed by atoms with Crippen LogP contribution in [0.1, 0.15) is 33.9 Å². The highest BCUT2D eigenvalue weighted by molar-refractivity contribution is 7.22. The summed E-state index contributed by atoms with van der Waals surface area (Å²) in [7, 11) is 3.14. The number of aliphatic hydroxyl groups excluding tert-OH is 1. The van der Waals surface area contributed by atoms with E-state index in [1.807, 2.05) is 32.9 Å². The molecule has 1 amide bonds. The fourth-order valence-corrected chi connectivity index (χ4v) is 5.94. The minimum absolute atomic E-state index is 0.00638. The number of benzene rings is 3. The second-order valence-electron chi connectivity index (χ2n) is 9.05. The third-order valence-corrected chi connectivity index (χ3v) is 7.57. The van der Waals surface area contributed by atoms with Gasteiger partial charge in [-0.15, -0.1) is 0 Å². The van der Waals surface area contributed by atoms with Gasteiger partial charge >= 0.3 is 5.91 Å². The van der Waals surface area contributed by atoms with Gasteiger partial charge in [-0.05, 0) is 79.4 Å². The number of thiazole rings is 1. The van der Waals surface area contributed by atoms with Crippen LogP contribution in [0.4, 0.5) is 5.13 Å². The Labute approximate surface area is 218 Å². The maximum absolute atomic E-state index is 13.5. The van der Waals surface area contributed by atoms with Crippen molar-refractivity contribution in [3.05, 3.63) is 88.0 Å². The summed E-state index contributed by atoms with van der Waals surface area (Å²) in [5, 5.41) is 11.8. The normalized spacial score (nSPS) is 17.0. The van der Waals surface area contributed by atoms with Gasteiger partial charge in [-0.2, -0.15) is 0 Å². The summed E-state index contributed by atoms with van der Waals surface area (Å²) in [5.74, 6) is -0.457. The van der Waals surface area contributed by atoms with E-state index in [1.54, 1.807) is 56.7 Å². The molecule has 37 heavy (non-hydrogen) atoms. The molecule has 8 heteroatoms. The van der Waals surface area contributed by atoms with Crippen LogP contribution in [0.3, 0.4) is 0 Å². The van der Waals surface area contributed by atoms with Crippen molar-refractivity contribution in [1.82, 2.24) is 4.98 Å². The standard InChI is InChI=1S/C29H26N2O5S/c1-15-12-17(3)24-22(13-15)37-29(30-24)31-25(18-6-9-20(35-4)10-7-18)23(27(33)28(31)34)26(32)19-8-11-21(36-5)16(2)14-19/h6-14,25,32H,1-5H3/b26-23+/t25-/m1/s1. The first-order chi connectivity index (χ1) is 17.7. The SMILES string of the molecule is COc1ccc([C@@H]2/C(=C(\O)c3ccc(OC)c(C)c3)C(=O)C(=O)N2c2nc3c(C)cc(C)cc3s2)cc1. The summed E-state index contributed by atoms with van der Waals surface area (Å²) in [6.07, 6.45) is 0. The number of nitrogens with zero attached hydrogens (tertiary/aromatic N) is 2. The van der Waals surface area contributed by atoms with Gasteiger partial charge in [-0.3, -0.25) is 14.5 Å². The molecule has 1 fully saturated rings. The van der Waals surface area contributed by atoms with Gasteiger partial charge in [0.2, 0.25) is 0 Å². The van der Waals surface area contributed by atoms with E-state index in [9.17, 15) is 14.7 Å². The number of ether oxygens (including phenoxy) is 2. The van der Waals surface area contributed by atoms with E-state index >= 15 is 0 Å². The number of aliphatic hydroxyl groups is 1. The number of rotatable bonds is 5. The molecule has 1 saturated heterocycles. The molecule has 1 atom stereocenters. The molecule has 1 N–H and O–H groups in total. The number of carbonyl (C=O) groups excluding carboxylic acids is 2. The molecule has 2 heterocycles. The summed E-state index contributed by atoms with van der Waals surface area (Å²) in [4.78, 5) is 33.1. The Morgan fingerprint density at radius 2 is 1.68 bits per heavy atom. The maximum Gasteiger partial charge on any atom is 0.301 e. The fraction of sp³-hybridized carbons (Fsp3) is 0.207. The Morgan fingerprint density at radius 3 is 2.32 bits per heavy atom. The first-order valence-corrected chi connectivity index (χ1v) is 12.5. The summed E-state index contributed by atoms with van der Waals surface area (Å²) >= 11 is 1.35. The summed E-state index contributed by atoms with van der Waals surface area (Å²) in [6, 6.07) is 15.4. The number of ketones is 1. The van der Waals surface area contributed by atoms with Gasteiger partial charge in [-0.1, -0.05) is 29.5 Å². The molecule has 188 valence electrons. The van der Waals surface area contributed by atoms with E-state index in [-0.39, 0.29) is 11.3 Å². The maximum atomic E-state index is 13.5. The number of fused-ring (bicyclic) bond motifs is 1.